The van der Waals surface area contributed by atoms with E-state index in [-0.39, 0.29) is 0 Å². The lowest BCUT2D eigenvalue weighted by Gasteiger charge is -2.17. The van der Waals surface area contributed by atoms with Crippen LogP contribution in [0.25, 0.3) is 0 Å². The van der Waals surface area contributed by atoms with Crippen LogP contribution in [0.15, 0.2) is 9.98 Å². The molecule has 1 aliphatic heterocycles. The van der Waals surface area contributed by atoms with Gasteiger partial charge in [-0.15, -0.1) is 11.6 Å². The molecule has 2 atom stereocenters. The summed E-state index contributed by atoms with van der Waals surface area (Å²) in [5.41, 5.74) is -2.52. The lowest BCUT2D eigenvalue weighted by Crippen LogP contribution is -2.38. The van der Waals surface area contributed by atoms with E-state index in [0.29, 0.717) is 6.21 Å². The van der Waals surface area contributed by atoms with E-state index >= 15 is 0 Å². The van der Waals surface area contributed by atoms with Crippen LogP contribution in [-0.2, 0) is 0 Å². The second-order valence-corrected chi connectivity index (χ2v) is 2.27. The summed E-state index contributed by atoms with van der Waals surface area (Å²) in [5, 5.41) is 0. The van der Waals surface area contributed by atoms with Gasteiger partial charge in [0.2, 0.25) is 11.6 Å². The maximum absolute atomic E-state index is 12.9. The Bertz CT molecular complexity index is 218. The molecule has 0 aromatic carbocycles. The topological polar surface area (TPSA) is 24.7 Å². The van der Waals surface area contributed by atoms with Crippen molar-refractivity contribution in [2.75, 3.05) is 5.88 Å². The van der Waals surface area contributed by atoms with E-state index in [1.807, 2.05) is 0 Å². The van der Waals surface area contributed by atoms with Crippen LogP contribution < -0.4 is 0 Å². The van der Waals surface area contributed by atoms with Crippen molar-refractivity contribution in [1.82, 2.24) is 0 Å². The number of aliphatic imine (C=N–C) groups is 2. The second-order valence-electron chi connectivity index (χ2n) is 2.00. The van der Waals surface area contributed by atoms with E-state index in [9.17, 15) is 13.2 Å². The fourth-order valence-electron chi connectivity index (χ4n) is 0.557. The Kier molecular flexibility index (Phi) is 2.17. The first kappa shape index (κ1) is 8.52. The fourth-order valence-corrected chi connectivity index (χ4v) is 0.736. The van der Waals surface area contributed by atoms with Gasteiger partial charge in [-0.2, -0.15) is 13.8 Å². The van der Waals surface area contributed by atoms with E-state index in [2.05, 4.69) is 9.98 Å². The van der Waals surface area contributed by atoms with E-state index < -0.39 is 23.9 Å². The fraction of sp³-hybridized carbons (Fsp3) is 0.600. The van der Waals surface area contributed by atoms with Gasteiger partial charge in [0.15, 0.2) is 0 Å². The van der Waals surface area contributed by atoms with Gasteiger partial charge < -0.3 is 0 Å². The first-order valence-corrected chi connectivity index (χ1v) is 3.29. The standard InChI is InChI=1S/C5H4ClF3N2/c6-1-5(9)2-10-4(8)11-3(5)7/h2,4H,1H2. The van der Waals surface area contributed by atoms with Crippen molar-refractivity contribution in [3.63, 3.8) is 0 Å². The summed E-state index contributed by atoms with van der Waals surface area (Å²) in [5.74, 6) is -2.12. The molecule has 1 aliphatic rings. The molecule has 0 amide bonds. The minimum absolute atomic E-state index is 0.493. The maximum Gasteiger partial charge on any atom is 0.286 e. The molecule has 0 bridgehead atoms. The molecular weight excluding hydrogens is 181 g/mol. The molecular formula is C5H4ClF3N2. The first-order chi connectivity index (χ1) is 5.08. The number of rotatable bonds is 1. The Morgan fingerprint density at radius 2 is 2.36 bits per heavy atom. The summed E-state index contributed by atoms with van der Waals surface area (Å²) in [6.45, 7) is 0. The molecule has 2 nitrogen and oxygen atoms in total. The third-order valence-corrected chi connectivity index (χ3v) is 1.55. The molecule has 0 aromatic rings. The monoisotopic (exact) mass is 184 g/mol. The van der Waals surface area contributed by atoms with Crippen LogP contribution in [0.3, 0.4) is 0 Å². The van der Waals surface area contributed by atoms with Gasteiger partial charge in [-0.1, -0.05) is 0 Å². The van der Waals surface area contributed by atoms with Crippen molar-refractivity contribution < 1.29 is 13.2 Å². The van der Waals surface area contributed by atoms with Crippen molar-refractivity contribution in [3.05, 3.63) is 0 Å². The van der Waals surface area contributed by atoms with Crippen molar-refractivity contribution in [2.24, 2.45) is 9.98 Å². The molecule has 0 aromatic heterocycles. The maximum atomic E-state index is 12.9. The van der Waals surface area contributed by atoms with Crippen molar-refractivity contribution in [1.29, 1.82) is 0 Å². The summed E-state index contributed by atoms with van der Waals surface area (Å²) in [6.07, 6.45) is -1.55. The van der Waals surface area contributed by atoms with Crippen LogP contribution in [0.5, 0.6) is 0 Å². The zero-order chi connectivity index (χ0) is 8.48. The second kappa shape index (κ2) is 2.81. The quantitative estimate of drug-likeness (QED) is 0.437. The molecule has 1 heterocycles. The largest absolute Gasteiger partial charge is 0.286 e. The SMILES string of the molecule is FC1=NC(F)N=CC1(F)CCl. The summed E-state index contributed by atoms with van der Waals surface area (Å²) in [7, 11) is 0. The van der Waals surface area contributed by atoms with Gasteiger partial charge in [0.05, 0.1) is 12.1 Å². The molecule has 0 N–H and O–H groups in total. The lowest BCUT2D eigenvalue weighted by molar-refractivity contribution is 0.310. The summed E-state index contributed by atoms with van der Waals surface area (Å²) >= 11 is 5.05. The number of alkyl halides is 3. The average molecular weight is 185 g/mol. The van der Waals surface area contributed by atoms with Crippen molar-refractivity contribution in [2.45, 2.75) is 12.1 Å². The molecule has 0 fully saturated rings. The molecule has 0 radical (unpaired) electrons. The smallest absolute Gasteiger partial charge is 0.237 e. The Balaban J connectivity index is 2.87. The Labute approximate surface area is 65.8 Å². The number of halogens is 4. The zero-order valence-corrected chi connectivity index (χ0v) is 6.02. The molecule has 11 heavy (non-hydrogen) atoms. The molecule has 2 unspecified atom stereocenters. The van der Waals surface area contributed by atoms with Crippen LogP contribution in [0.2, 0.25) is 0 Å². The van der Waals surface area contributed by atoms with Crippen LogP contribution in [0.1, 0.15) is 0 Å². The highest BCUT2D eigenvalue weighted by atomic mass is 35.5. The van der Waals surface area contributed by atoms with E-state index in [0.717, 1.165) is 0 Å². The third-order valence-electron chi connectivity index (χ3n) is 1.16. The van der Waals surface area contributed by atoms with Gasteiger partial charge in [-0.25, -0.2) is 9.38 Å². The number of hydrogen-bond donors (Lipinski definition) is 0. The van der Waals surface area contributed by atoms with E-state index in [4.69, 9.17) is 11.6 Å². The number of hydrogen-bond acceptors (Lipinski definition) is 2. The highest BCUT2D eigenvalue weighted by molar-refractivity contribution is 6.23. The molecule has 0 saturated carbocycles. The Morgan fingerprint density at radius 1 is 1.73 bits per heavy atom. The van der Waals surface area contributed by atoms with Gasteiger partial charge in [0.25, 0.3) is 6.42 Å². The summed E-state index contributed by atoms with van der Waals surface area (Å²) in [4.78, 5) is 5.56. The highest BCUT2D eigenvalue weighted by Crippen LogP contribution is 2.20. The summed E-state index contributed by atoms with van der Waals surface area (Å²) < 4.78 is 37.4. The number of nitrogens with zero attached hydrogens (tertiary/aromatic N) is 2. The third kappa shape index (κ3) is 1.53. The van der Waals surface area contributed by atoms with Crippen LogP contribution >= 0.6 is 11.6 Å². The van der Waals surface area contributed by atoms with E-state index in [1.165, 1.54) is 0 Å². The minimum Gasteiger partial charge on any atom is -0.237 e. The summed E-state index contributed by atoms with van der Waals surface area (Å²) in [6, 6.07) is 0. The van der Waals surface area contributed by atoms with Gasteiger partial charge in [0.1, 0.15) is 0 Å². The first-order valence-electron chi connectivity index (χ1n) is 2.75. The van der Waals surface area contributed by atoms with Gasteiger partial charge in [-0.05, 0) is 0 Å². The molecule has 0 aliphatic carbocycles. The molecule has 6 heteroatoms. The molecule has 0 spiro atoms. The zero-order valence-electron chi connectivity index (χ0n) is 5.27. The van der Waals surface area contributed by atoms with Crippen molar-refractivity contribution >= 4 is 23.8 Å². The van der Waals surface area contributed by atoms with Crippen molar-refractivity contribution in [3.8, 4) is 0 Å². The Hall–Kier alpha value is -0.580. The van der Waals surface area contributed by atoms with E-state index in [1.54, 1.807) is 0 Å². The predicted molar refractivity (Wildman–Crippen MR) is 36.5 cm³/mol. The predicted octanol–water partition coefficient (Wildman–Crippen LogP) is 1.64. The van der Waals surface area contributed by atoms with Gasteiger partial charge in [-0.3, -0.25) is 0 Å². The lowest BCUT2D eigenvalue weighted by atomic mass is 10.1. The molecule has 0 saturated heterocycles. The molecule has 62 valence electrons. The van der Waals surface area contributed by atoms with Gasteiger partial charge in [0, 0.05) is 0 Å². The van der Waals surface area contributed by atoms with Crippen LogP contribution in [0, 0.1) is 0 Å². The highest BCUT2D eigenvalue weighted by Gasteiger charge is 2.37. The normalized spacial score (nSPS) is 37.1. The van der Waals surface area contributed by atoms with Gasteiger partial charge >= 0.3 is 0 Å². The van der Waals surface area contributed by atoms with Crippen LogP contribution in [0.4, 0.5) is 13.2 Å². The Morgan fingerprint density at radius 3 is 2.82 bits per heavy atom. The van der Waals surface area contributed by atoms with Crippen LogP contribution in [-0.4, -0.2) is 30.1 Å². The minimum atomic E-state index is -2.52. The molecule has 1 rings (SSSR count). The average Bonchev–Trinajstić information content (AvgIpc) is 1.98.